The Hall–Kier alpha value is -3.51. The molecule has 172 valence electrons. The van der Waals surface area contributed by atoms with Gasteiger partial charge < -0.3 is 15.2 Å². The van der Waals surface area contributed by atoms with E-state index in [0.29, 0.717) is 11.3 Å². The minimum absolute atomic E-state index is 0.0638. The molecule has 34 heavy (non-hydrogen) atoms. The van der Waals surface area contributed by atoms with Gasteiger partial charge in [-0.2, -0.15) is 5.26 Å². The summed E-state index contributed by atoms with van der Waals surface area (Å²) in [4.78, 5) is 4.44. The van der Waals surface area contributed by atoms with E-state index in [2.05, 4.69) is 34.0 Å². The van der Waals surface area contributed by atoms with E-state index in [0.717, 1.165) is 27.5 Å². The van der Waals surface area contributed by atoms with Crippen LogP contribution in [0.5, 0.6) is 5.75 Å². The van der Waals surface area contributed by atoms with Crippen molar-refractivity contribution < 1.29 is 9.47 Å². The van der Waals surface area contributed by atoms with Gasteiger partial charge in [-0.3, -0.25) is 0 Å². The highest BCUT2D eigenvalue weighted by Crippen LogP contribution is 2.49. The molecule has 1 saturated heterocycles. The second-order valence-electron chi connectivity index (χ2n) is 8.18. The number of rotatable bonds is 6. The Balaban J connectivity index is 1.59. The zero-order chi connectivity index (χ0) is 23.5. The van der Waals surface area contributed by atoms with Crippen LogP contribution in [0.1, 0.15) is 28.7 Å². The van der Waals surface area contributed by atoms with Crippen molar-refractivity contribution >= 4 is 11.8 Å². The number of benzene rings is 2. The van der Waals surface area contributed by atoms with Crippen LogP contribution in [0.4, 0.5) is 0 Å². The zero-order valence-corrected chi connectivity index (χ0v) is 19.5. The smallest absolute Gasteiger partial charge is 0.200 e. The Kier molecular flexibility index (Phi) is 6.41. The molecule has 5 rings (SSSR count). The summed E-state index contributed by atoms with van der Waals surface area (Å²) in [6.07, 6.45) is 1.42. The summed E-state index contributed by atoms with van der Waals surface area (Å²) < 4.78 is 11.5. The lowest BCUT2D eigenvalue weighted by atomic mass is 9.73. The lowest BCUT2D eigenvalue weighted by Gasteiger charge is -2.36. The number of fused-ring (bicyclic) bond motifs is 1. The number of nitrogens with two attached hydrogens (primary N) is 1. The van der Waals surface area contributed by atoms with Crippen LogP contribution in [0.3, 0.4) is 0 Å². The van der Waals surface area contributed by atoms with Gasteiger partial charge in [0.1, 0.15) is 11.8 Å². The number of hydrogen-bond donors (Lipinski definition) is 3. The number of pyridine rings is 1. The van der Waals surface area contributed by atoms with Crippen molar-refractivity contribution in [3.63, 3.8) is 0 Å². The van der Waals surface area contributed by atoms with Crippen molar-refractivity contribution in [1.82, 2.24) is 15.8 Å². The van der Waals surface area contributed by atoms with Gasteiger partial charge in [-0.15, -0.1) is 11.8 Å². The number of nitrogens with one attached hydrogen (secondary N) is 2. The van der Waals surface area contributed by atoms with Crippen LogP contribution in [0.25, 0.3) is 0 Å². The molecule has 8 heteroatoms. The molecule has 4 N–H and O–H groups in total. The summed E-state index contributed by atoms with van der Waals surface area (Å²) in [5.74, 6) is 1.25. The number of aromatic nitrogens is 1. The van der Waals surface area contributed by atoms with E-state index >= 15 is 0 Å². The van der Waals surface area contributed by atoms with Crippen LogP contribution in [0.15, 0.2) is 89.4 Å². The van der Waals surface area contributed by atoms with Gasteiger partial charge in [-0.25, -0.2) is 15.8 Å². The summed E-state index contributed by atoms with van der Waals surface area (Å²) in [6.45, 7) is 0. The molecule has 0 spiro atoms. The quantitative estimate of drug-likeness (QED) is 0.464. The number of hydrazine groups is 1. The van der Waals surface area contributed by atoms with Gasteiger partial charge in [-0.05, 0) is 41.0 Å². The van der Waals surface area contributed by atoms with Crippen LogP contribution in [0, 0.1) is 17.2 Å². The van der Waals surface area contributed by atoms with Gasteiger partial charge in [0, 0.05) is 23.8 Å². The van der Waals surface area contributed by atoms with Gasteiger partial charge in [0.25, 0.3) is 0 Å². The van der Waals surface area contributed by atoms with Crippen LogP contribution in [-0.4, -0.2) is 18.3 Å². The number of ether oxygens (including phenoxy) is 2. The first-order chi connectivity index (χ1) is 16.7. The minimum atomic E-state index is -0.370. The fraction of sp³-hybridized carbons (Fsp3) is 0.231. The highest BCUT2D eigenvalue weighted by Gasteiger charge is 2.49. The van der Waals surface area contributed by atoms with Crippen LogP contribution in [0.2, 0.25) is 0 Å². The molecule has 1 aromatic heterocycles. The van der Waals surface area contributed by atoms with Crippen molar-refractivity contribution in [3.05, 3.63) is 101 Å². The number of nitriles is 1. The maximum atomic E-state index is 10.1. The average molecular weight is 472 g/mol. The SMILES string of the molecule is COc1ccc(C2C(C#N)=C(N)OC3NNC(c4ccccc4)C32)c(CSc2ccccn2)c1. The molecule has 2 aliphatic heterocycles. The summed E-state index contributed by atoms with van der Waals surface area (Å²) in [7, 11) is 1.66. The molecule has 4 atom stereocenters. The Morgan fingerprint density at radius 1 is 1.12 bits per heavy atom. The molecule has 0 aliphatic carbocycles. The molecule has 2 aromatic carbocycles. The molecular weight excluding hydrogens is 446 g/mol. The molecule has 1 fully saturated rings. The lowest BCUT2D eigenvalue weighted by molar-refractivity contribution is 0.0340. The highest BCUT2D eigenvalue weighted by molar-refractivity contribution is 7.98. The third-order valence-electron chi connectivity index (χ3n) is 6.31. The van der Waals surface area contributed by atoms with Crippen LogP contribution < -0.4 is 21.3 Å². The number of nitrogens with zero attached hydrogens (tertiary/aromatic N) is 2. The maximum absolute atomic E-state index is 10.1. The Morgan fingerprint density at radius 3 is 2.68 bits per heavy atom. The van der Waals surface area contributed by atoms with E-state index in [1.165, 1.54) is 0 Å². The van der Waals surface area contributed by atoms with E-state index in [1.807, 2.05) is 54.6 Å². The summed E-state index contributed by atoms with van der Waals surface area (Å²) in [5.41, 5.74) is 16.5. The van der Waals surface area contributed by atoms with Gasteiger partial charge in [0.2, 0.25) is 5.88 Å². The van der Waals surface area contributed by atoms with E-state index in [9.17, 15) is 5.26 Å². The van der Waals surface area contributed by atoms with Crippen LogP contribution in [-0.2, 0) is 10.5 Å². The minimum Gasteiger partial charge on any atom is -0.497 e. The summed E-state index contributed by atoms with van der Waals surface area (Å²) in [6, 6.07) is 24.3. The van der Waals surface area contributed by atoms with Gasteiger partial charge >= 0.3 is 0 Å². The maximum Gasteiger partial charge on any atom is 0.200 e. The van der Waals surface area contributed by atoms with Crippen molar-refractivity contribution in [2.75, 3.05) is 7.11 Å². The summed E-state index contributed by atoms with van der Waals surface area (Å²) >= 11 is 1.64. The predicted octanol–water partition coefficient (Wildman–Crippen LogP) is 3.98. The molecule has 4 unspecified atom stereocenters. The van der Waals surface area contributed by atoms with E-state index in [-0.39, 0.29) is 30.0 Å². The second kappa shape index (κ2) is 9.77. The third kappa shape index (κ3) is 4.21. The number of thioether (sulfide) groups is 1. The Labute approximate surface area is 203 Å². The molecule has 0 saturated carbocycles. The first-order valence-electron chi connectivity index (χ1n) is 11.0. The van der Waals surface area contributed by atoms with Gasteiger partial charge in [0.05, 0.1) is 23.8 Å². The van der Waals surface area contributed by atoms with Gasteiger partial charge in [-0.1, -0.05) is 42.5 Å². The Morgan fingerprint density at radius 2 is 1.94 bits per heavy atom. The highest BCUT2D eigenvalue weighted by atomic mass is 32.2. The molecule has 7 nitrogen and oxygen atoms in total. The van der Waals surface area contributed by atoms with Gasteiger partial charge in [0.15, 0.2) is 6.23 Å². The lowest BCUT2D eigenvalue weighted by Crippen LogP contribution is -2.41. The molecule has 3 heterocycles. The largest absolute Gasteiger partial charge is 0.497 e. The van der Waals surface area contributed by atoms with Crippen molar-refractivity contribution in [3.8, 4) is 11.8 Å². The third-order valence-corrected chi connectivity index (χ3v) is 7.30. The van der Waals surface area contributed by atoms with E-state index < -0.39 is 0 Å². The normalized spacial score (nSPS) is 23.6. The molecular formula is C26H25N5O2S. The zero-order valence-electron chi connectivity index (χ0n) is 18.6. The van der Waals surface area contributed by atoms with Crippen molar-refractivity contribution in [1.29, 1.82) is 5.26 Å². The molecule has 3 aromatic rings. The number of hydrogen-bond acceptors (Lipinski definition) is 8. The van der Waals surface area contributed by atoms with Crippen molar-refractivity contribution in [2.24, 2.45) is 11.7 Å². The monoisotopic (exact) mass is 471 g/mol. The van der Waals surface area contributed by atoms with Crippen LogP contribution >= 0.6 is 11.8 Å². The first kappa shape index (κ1) is 22.3. The fourth-order valence-electron chi connectivity index (χ4n) is 4.74. The van der Waals surface area contributed by atoms with E-state index in [4.69, 9.17) is 15.2 Å². The fourth-order valence-corrected chi connectivity index (χ4v) is 5.60. The Bertz CT molecular complexity index is 1230. The summed E-state index contributed by atoms with van der Waals surface area (Å²) in [5, 5.41) is 11.1. The average Bonchev–Trinajstić information content (AvgIpc) is 3.31. The molecule has 0 bridgehead atoms. The molecule has 0 amide bonds. The number of methoxy groups -OCH3 is 1. The standard InChI is InChI=1S/C26H25N5O2S/c1-32-18-10-11-19(17(13-18)15-34-21-9-5-6-12-29-21)22-20(14-27)25(28)33-26-23(22)24(30-31-26)16-7-3-2-4-8-16/h2-13,22-24,26,30-31H,15,28H2,1H3. The van der Waals surface area contributed by atoms with E-state index in [1.54, 1.807) is 25.1 Å². The first-order valence-corrected chi connectivity index (χ1v) is 12.0. The molecule has 2 aliphatic rings. The topological polar surface area (TPSA) is 105 Å². The molecule has 0 radical (unpaired) electrons. The van der Waals surface area contributed by atoms with Crippen molar-refractivity contribution in [2.45, 2.75) is 29.0 Å². The number of allylic oxidation sites excluding steroid dienone is 1. The second-order valence-corrected chi connectivity index (χ2v) is 9.18. The predicted molar refractivity (Wildman–Crippen MR) is 130 cm³/mol.